The highest BCUT2D eigenvalue weighted by molar-refractivity contribution is 7.09. The van der Waals surface area contributed by atoms with Crippen molar-refractivity contribution in [1.29, 1.82) is 0 Å². The average molecular weight is 291 g/mol. The predicted molar refractivity (Wildman–Crippen MR) is 79.0 cm³/mol. The summed E-state index contributed by atoms with van der Waals surface area (Å²) in [6, 6.07) is 4.35. The number of esters is 1. The first-order chi connectivity index (χ1) is 9.61. The number of aromatic nitrogens is 2. The van der Waals surface area contributed by atoms with Crippen LogP contribution in [0.25, 0.3) is 0 Å². The summed E-state index contributed by atoms with van der Waals surface area (Å²) in [7, 11) is 1.34. The van der Waals surface area contributed by atoms with E-state index in [-0.39, 0.29) is 11.7 Å². The van der Waals surface area contributed by atoms with E-state index in [1.165, 1.54) is 18.2 Å². The Hall–Kier alpha value is -1.95. The van der Waals surface area contributed by atoms with E-state index in [4.69, 9.17) is 0 Å². The minimum absolute atomic E-state index is 0.224. The van der Waals surface area contributed by atoms with Crippen LogP contribution in [-0.2, 0) is 11.3 Å². The molecule has 2 rings (SSSR count). The fourth-order valence-corrected chi connectivity index (χ4v) is 2.50. The van der Waals surface area contributed by atoms with Crippen molar-refractivity contribution in [2.75, 3.05) is 12.0 Å². The van der Waals surface area contributed by atoms with Crippen molar-refractivity contribution in [1.82, 2.24) is 9.97 Å². The highest BCUT2D eigenvalue weighted by atomic mass is 32.1. The number of carbonyl (C=O) groups is 1. The van der Waals surface area contributed by atoms with Gasteiger partial charge in [-0.2, -0.15) is 0 Å². The summed E-state index contributed by atoms with van der Waals surface area (Å²) >= 11 is 1.70. The molecule has 0 unspecified atom stereocenters. The van der Waals surface area contributed by atoms with Gasteiger partial charge in [0.1, 0.15) is 5.82 Å². The summed E-state index contributed by atoms with van der Waals surface area (Å²) < 4.78 is 4.68. The zero-order chi connectivity index (χ0) is 14.5. The molecule has 0 fully saturated rings. The van der Waals surface area contributed by atoms with Gasteiger partial charge in [0.2, 0.25) is 0 Å². The van der Waals surface area contributed by atoms with Gasteiger partial charge in [0.15, 0.2) is 5.69 Å². The molecule has 0 aromatic carbocycles. The molecule has 2 aromatic heterocycles. The fraction of sp³-hybridized carbons (Fsp3) is 0.357. The largest absolute Gasteiger partial charge is 0.464 e. The maximum absolute atomic E-state index is 11.5. The third-order valence-corrected chi connectivity index (χ3v) is 3.70. The first-order valence-corrected chi connectivity index (χ1v) is 7.19. The number of thiophene rings is 1. The van der Waals surface area contributed by atoms with Crippen LogP contribution < -0.4 is 4.90 Å². The molecule has 5 nitrogen and oxygen atoms in total. The number of hydrogen-bond acceptors (Lipinski definition) is 6. The van der Waals surface area contributed by atoms with Crippen LogP contribution in [0.3, 0.4) is 0 Å². The number of hydrogen-bond donors (Lipinski definition) is 0. The van der Waals surface area contributed by atoms with Gasteiger partial charge in [-0.3, -0.25) is 4.98 Å². The van der Waals surface area contributed by atoms with E-state index in [1.807, 2.05) is 11.4 Å². The molecule has 0 aliphatic rings. The molecule has 0 saturated carbocycles. The first kappa shape index (κ1) is 14.5. The Balaban J connectivity index is 2.27. The van der Waals surface area contributed by atoms with Gasteiger partial charge >= 0.3 is 5.97 Å². The van der Waals surface area contributed by atoms with E-state index in [0.29, 0.717) is 5.82 Å². The van der Waals surface area contributed by atoms with Crippen molar-refractivity contribution in [3.8, 4) is 0 Å². The number of ether oxygens (including phenoxy) is 1. The Morgan fingerprint density at radius 3 is 2.85 bits per heavy atom. The Kier molecular flexibility index (Phi) is 4.68. The second-order valence-electron chi connectivity index (χ2n) is 4.56. The van der Waals surface area contributed by atoms with E-state index in [2.05, 4.69) is 39.5 Å². The minimum atomic E-state index is -0.473. The lowest BCUT2D eigenvalue weighted by atomic mass is 10.3. The molecule has 0 radical (unpaired) electrons. The topological polar surface area (TPSA) is 55.3 Å². The molecule has 0 aliphatic heterocycles. The van der Waals surface area contributed by atoms with Crippen molar-refractivity contribution in [3.05, 3.63) is 40.5 Å². The summed E-state index contributed by atoms with van der Waals surface area (Å²) in [6.07, 6.45) is 3.08. The molecule has 0 atom stereocenters. The summed E-state index contributed by atoms with van der Waals surface area (Å²) in [6.45, 7) is 4.91. The monoisotopic (exact) mass is 291 g/mol. The van der Waals surface area contributed by atoms with Crippen molar-refractivity contribution < 1.29 is 9.53 Å². The van der Waals surface area contributed by atoms with Crippen LogP contribution in [0.1, 0.15) is 29.2 Å². The van der Waals surface area contributed by atoms with Gasteiger partial charge in [0.05, 0.1) is 26.0 Å². The van der Waals surface area contributed by atoms with Crippen LogP contribution in [-0.4, -0.2) is 29.1 Å². The van der Waals surface area contributed by atoms with Gasteiger partial charge in [0.25, 0.3) is 0 Å². The molecule has 6 heteroatoms. The van der Waals surface area contributed by atoms with Gasteiger partial charge in [-0.1, -0.05) is 6.07 Å². The van der Waals surface area contributed by atoms with Crippen molar-refractivity contribution >= 4 is 23.1 Å². The molecule has 0 N–H and O–H groups in total. The van der Waals surface area contributed by atoms with Crippen LogP contribution in [0.15, 0.2) is 29.9 Å². The van der Waals surface area contributed by atoms with E-state index >= 15 is 0 Å². The number of anilines is 1. The number of nitrogens with zero attached hydrogens (tertiary/aromatic N) is 3. The summed E-state index contributed by atoms with van der Waals surface area (Å²) in [5.74, 6) is 0.204. The van der Waals surface area contributed by atoms with Gasteiger partial charge < -0.3 is 9.64 Å². The Morgan fingerprint density at radius 2 is 2.25 bits per heavy atom. The SMILES string of the molecule is COC(=O)c1cncc(N(Cc2cccs2)C(C)C)n1. The lowest BCUT2D eigenvalue weighted by Crippen LogP contribution is -2.31. The molecule has 20 heavy (non-hydrogen) atoms. The van der Waals surface area contributed by atoms with Crippen molar-refractivity contribution in [3.63, 3.8) is 0 Å². The molecule has 2 aromatic rings. The average Bonchev–Trinajstić information content (AvgIpc) is 2.96. The van der Waals surface area contributed by atoms with Crippen LogP contribution >= 0.6 is 11.3 Å². The highest BCUT2D eigenvalue weighted by Gasteiger charge is 2.16. The third-order valence-electron chi connectivity index (χ3n) is 2.84. The van der Waals surface area contributed by atoms with Gasteiger partial charge in [-0.15, -0.1) is 11.3 Å². The van der Waals surface area contributed by atoms with Crippen molar-refractivity contribution in [2.24, 2.45) is 0 Å². The smallest absolute Gasteiger partial charge is 0.358 e. The fourth-order valence-electron chi connectivity index (χ4n) is 1.80. The third kappa shape index (κ3) is 3.33. The van der Waals surface area contributed by atoms with E-state index in [1.54, 1.807) is 17.5 Å². The second-order valence-corrected chi connectivity index (χ2v) is 5.59. The van der Waals surface area contributed by atoms with Crippen LogP contribution in [0.5, 0.6) is 0 Å². The highest BCUT2D eigenvalue weighted by Crippen LogP contribution is 2.20. The molecule has 0 aliphatic carbocycles. The Labute approximate surface area is 122 Å². The summed E-state index contributed by atoms with van der Waals surface area (Å²) in [4.78, 5) is 23.3. The zero-order valence-electron chi connectivity index (χ0n) is 11.7. The number of rotatable bonds is 5. The molecule has 106 valence electrons. The molecule has 0 amide bonds. The standard InChI is InChI=1S/C14H17N3O2S/c1-10(2)17(9-11-5-4-6-20-11)13-8-15-7-12(16-13)14(18)19-3/h4-8,10H,9H2,1-3H3. The van der Waals surface area contributed by atoms with Crippen LogP contribution in [0, 0.1) is 0 Å². The molecule has 0 bridgehead atoms. The second kappa shape index (κ2) is 6.47. The van der Waals surface area contributed by atoms with Crippen molar-refractivity contribution in [2.45, 2.75) is 26.4 Å². The quantitative estimate of drug-likeness (QED) is 0.793. The van der Waals surface area contributed by atoms with E-state index in [9.17, 15) is 4.79 Å². The van der Waals surface area contributed by atoms with Crippen LogP contribution in [0.2, 0.25) is 0 Å². The summed E-state index contributed by atoms with van der Waals surface area (Å²) in [5, 5.41) is 2.05. The molecule has 0 spiro atoms. The molecular formula is C14H17N3O2S. The van der Waals surface area contributed by atoms with Gasteiger partial charge in [0, 0.05) is 10.9 Å². The number of carbonyl (C=O) groups excluding carboxylic acids is 1. The maximum atomic E-state index is 11.5. The van der Waals surface area contributed by atoms with Gasteiger partial charge in [-0.05, 0) is 25.3 Å². The lowest BCUT2D eigenvalue weighted by Gasteiger charge is -2.27. The molecule has 0 saturated heterocycles. The predicted octanol–water partition coefficient (Wildman–Crippen LogP) is 2.74. The minimum Gasteiger partial charge on any atom is -0.464 e. The Bertz CT molecular complexity index is 570. The number of methoxy groups -OCH3 is 1. The maximum Gasteiger partial charge on any atom is 0.358 e. The van der Waals surface area contributed by atoms with E-state index in [0.717, 1.165) is 6.54 Å². The van der Waals surface area contributed by atoms with Gasteiger partial charge in [-0.25, -0.2) is 9.78 Å². The summed E-state index contributed by atoms with van der Waals surface area (Å²) in [5.41, 5.74) is 0.224. The first-order valence-electron chi connectivity index (χ1n) is 6.31. The lowest BCUT2D eigenvalue weighted by molar-refractivity contribution is 0.0593. The van der Waals surface area contributed by atoms with Crippen LogP contribution in [0.4, 0.5) is 5.82 Å². The van der Waals surface area contributed by atoms with E-state index < -0.39 is 5.97 Å². The molecular weight excluding hydrogens is 274 g/mol. The molecule has 2 heterocycles. The normalized spacial score (nSPS) is 10.6. The zero-order valence-corrected chi connectivity index (χ0v) is 12.6. The Morgan fingerprint density at radius 1 is 1.45 bits per heavy atom.